The van der Waals surface area contributed by atoms with Crippen LogP contribution in [0, 0.1) is 11.7 Å². The first-order valence-corrected chi connectivity index (χ1v) is 6.01. The second kappa shape index (κ2) is 4.96. The largest absolute Gasteiger partial charge is 0.299 e. The van der Waals surface area contributed by atoms with Gasteiger partial charge >= 0.3 is 0 Å². The summed E-state index contributed by atoms with van der Waals surface area (Å²) in [7, 11) is 0. The lowest BCUT2D eigenvalue weighted by atomic mass is 9.97. The Labute approximate surface area is 99.6 Å². The number of Topliss-reactive ketones (excluding diaryl/α,β-unsaturated/α-hetero) is 1. The van der Waals surface area contributed by atoms with Crippen molar-refractivity contribution in [1.29, 1.82) is 0 Å². The van der Waals surface area contributed by atoms with Gasteiger partial charge in [0.2, 0.25) is 0 Å². The van der Waals surface area contributed by atoms with E-state index in [4.69, 9.17) is 11.6 Å². The second-order valence-electron chi connectivity index (χ2n) is 4.37. The lowest BCUT2D eigenvalue weighted by Gasteiger charge is -2.07. The Balaban J connectivity index is 2.02. The summed E-state index contributed by atoms with van der Waals surface area (Å²) in [5, 5.41) is 0.108. The standard InChI is InChI=1S/C13H14ClFO/c14-11-6-5-9(7-12(11)15)8-13(16)10-3-1-2-4-10/h5-7,10H,1-4,8H2. The molecule has 0 radical (unpaired) electrons. The van der Waals surface area contributed by atoms with Gasteiger partial charge < -0.3 is 0 Å². The SMILES string of the molecule is O=C(Cc1ccc(Cl)c(F)c1)C1CCCC1. The van der Waals surface area contributed by atoms with Crippen LogP contribution in [0.3, 0.4) is 0 Å². The fraction of sp³-hybridized carbons (Fsp3) is 0.462. The third kappa shape index (κ3) is 2.62. The van der Waals surface area contributed by atoms with Crippen molar-refractivity contribution in [1.82, 2.24) is 0 Å². The minimum Gasteiger partial charge on any atom is -0.299 e. The normalized spacial score (nSPS) is 16.6. The number of halogens is 2. The average Bonchev–Trinajstić information content (AvgIpc) is 2.77. The Morgan fingerprint density at radius 2 is 2.06 bits per heavy atom. The van der Waals surface area contributed by atoms with Crippen molar-refractivity contribution in [3.05, 3.63) is 34.6 Å². The number of carbonyl (C=O) groups is 1. The minimum atomic E-state index is -0.446. The number of hydrogen-bond acceptors (Lipinski definition) is 1. The molecule has 0 aliphatic heterocycles. The maximum atomic E-state index is 13.2. The summed E-state index contributed by atoms with van der Waals surface area (Å²) in [4.78, 5) is 11.9. The molecular weight excluding hydrogens is 227 g/mol. The molecule has 0 aromatic heterocycles. The molecule has 0 atom stereocenters. The van der Waals surface area contributed by atoms with E-state index in [-0.39, 0.29) is 16.7 Å². The number of ketones is 1. The molecule has 0 saturated heterocycles. The van der Waals surface area contributed by atoms with E-state index in [1.54, 1.807) is 6.07 Å². The number of rotatable bonds is 3. The third-order valence-corrected chi connectivity index (χ3v) is 3.48. The molecule has 3 heteroatoms. The molecule has 1 aromatic carbocycles. The zero-order valence-corrected chi connectivity index (χ0v) is 9.77. The Morgan fingerprint density at radius 1 is 1.38 bits per heavy atom. The van der Waals surface area contributed by atoms with Gasteiger partial charge in [-0.25, -0.2) is 4.39 Å². The van der Waals surface area contributed by atoms with Gasteiger partial charge in [-0.3, -0.25) is 4.79 Å². The van der Waals surface area contributed by atoms with Crippen molar-refractivity contribution >= 4 is 17.4 Å². The van der Waals surface area contributed by atoms with Crippen molar-refractivity contribution in [2.75, 3.05) is 0 Å². The quantitative estimate of drug-likeness (QED) is 0.786. The van der Waals surface area contributed by atoms with Crippen molar-refractivity contribution in [2.45, 2.75) is 32.1 Å². The van der Waals surface area contributed by atoms with E-state index in [0.29, 0.717) is 6.42 Å². The average molecular weight is 241 g/mol. The molecule has 2 rings (SSSR count). The van der Waals surface area contributed by atoms with Crippen LogP contribution in [0.2, 0.25) is 5.02 Å². The highest BCUT2D eigenvalue weighted by Crippen LogP contribution is 2.27. The lowest BCUT2D eigenvalue weighted by molar-refractivity contribution is -0.122. The first-order chi connectivity index (χ1) is 7.66. The molecule has 0 heterocycles. The van der Waals surface area contributed by atoms with Gasteiger partial charge in [-0.1, -0.05) is 30.5 Å². The molecule has 0 spiro atoms. The van der Waals surface area contributed by atoms with Crippen LogP contribution in [0.15, 0.2) is 18.2 Å². The third-order valence-electron chi connectivity index (χ3n) is 3.17. The maximum absolute atomic E-state index is 13.2. The smallest absolute Gasteiger partial charge is 0.142 e. The summed E-state index contributed by atoms with van der Waals surface area (Å²) in [5.74, 6) is -0.0173. The number of carbonyl (C=O) groups excluding carboxylic acids is 1. The molecule has 86 valence electrons. The fourth-order valence-electron chi connectivity index (χ4n) is 2.24. The Kier molecular flexibility index (Phi) is 3.59. The van der Waals surface area contributed by atoms with Crippen LogP contribution >= 0.6 is 11.6 Å². The summed E-state index contributed by atoms with van der Waals surface area (Å²) >= 11 is 5.58. The van der Waals surface area contributed by atoms with Crippen molar-refractivity contribution in [3.8, 4) is 0 Å². The van der Waals surface area contributed by atoms with Gasteiger partial charge in [0.05, 0.1) is 5.02 Å². The Bertz CT molecular complexity index is 397. The molecule has 0 amide bonds. The van der Waals surface area contributed by atoms with Gasteiger partial charge in [0.25, 0.3) is 0 Å². The number of benzene rings is 1. The maximum Gasteiger partial charge on any atom is 0.142 e. The number of hydrogen-bond donors (Lipinski definition) is 0. The van der Waals surface area contributed by atoms with Gasteiger partial charge in [-0.2, -0.15) is 0 Å². The monoisotopic (exact) mass is 240 g/mol. The van der Waals surface area contributed by atoms with Crippen LogP contribution in [0.5, 0.6) is 0 Å². The van der Waals surface area contributed by atoms with Crippen molar-refractivity contribution in [2.24, 2.45) is 5.92 Å². The van der Waals surface area contributed by atoms with Gasteiger partial charge in [0, 0.05) is 12.3 Å². The van der Waals surface area contributed by atoms with Crippen LogP contribution in [-0.2, 0) is 11.2 Å². The molecule has 1 fully saturated rings. The Hall–Kier alpha value is -0.890. The molecule has 0 unspecified atom stereocenters. The van der Waals surface area contributed by atoms with Crippen LogP contribution in [0.1, 0.15) is 31.2 Å². The molecule has 1 aliphatic rings. The lowest BCUT2D eigenvalue weighted by Crippen LogP contribution is -2.13. The first kappa shape index (κ1) is 11.6. The van der Waals surface area contributed by atoms with E-state index in [0.717, 1.165) is 31.2 Å². The van der Waals surface area contributed by atoms with E-state index in [2.05, 4.69) is 0 Å². The highest BCUT2D eigenvalue weighted by atomic mass is 35.5. The van der Waals surface area contributed by atoms with Crippen LogP contribution in [0.4, 0.5) is 4.39 Å². The van der Waals surface area contributed by atoms with Gasteiger partial charge in [-0.15, -0.1) is 0 Å². The molecule has 0 bridgehead atoms. The molecule has 1 nitrogen and oxygen atoms in total. The topological polar surface area (TPSA) is 17.1 Å². The fourth-order valence-corrected chi connectivity index (χ4v) is 2.36. The van der Waals surface area contributed by atoms with Crippen LogP contribution < -0.4 is 0 Å². The van der Waals surface area contributed by atoms with E-state index in [1.807, 2.05) is 0 Å². The summed E-state index contributed by atoms with van der Waals surface area (Å²) in [5.41, 5.74) is 0.721. The first-order valence-electron chi connectivity index (χ1n) is 5.63. The van der Waals surface area contributed by atoms with Gasteiger partial charge in [0.1, 0.15) is 11.6 Å². The van der Waals surface area contributed by atoms with Gasteiger partial charge in [-0.05, 0) is 30.5 Å². The predicted molar refractivity (Wildman–Crippen MR) is 62.1 cm³/mol. The van der Waals surface area contributed by atoms with Crippen LogP contribution in [-0.4, -0.2) is 5.78 Å². The zero-order chi connectivity index (χ0) is 11.5. The highest BCUT2D eigenvalue weighted by Gasteiger charge is 2.22. The zero-order valence-electron chi connectivity index (χ0n) is 9.01. The predicted octanol–water partition coefficient (Wildman–Crippen LogP) is 3.78. The molecular formula is C13H14ClFO. The highest BCUT2D eigenvalue weighted by molar-refractivity contribution is 6.30. The molecule has 0 N–H and O–H groups in total. The molecule has 1 aliphatic carbocycles. The van der Waals surface area contributed by atoms with Crippen molar-refractivity contribution < 1.29 is 9.18 Å². The summed E-state index contributed by atoms with van der Waals surface area (Å²) in [6, 6.07) is 4.58. The minimum absolute atomic E-state index is 0.108. The molecule has 1 saturated carbocycles. The second-order valence-corrected chi connectivity index (χ2v) is 4.78. The van der Waals surface area contributed by atoms with E-state index in [1.165, 1.54) is 12.1 Å². The Morgan fingerprint density at radius 3 is 2.69 bits per heavy atom. The summed E-state index contributed by atoms with van der Waals surface area (Å²) in [6.45, 7) is 0. The van der Waals surface area contributed by atoms with E-state index >= 15 is 0 Å². The molecule has 1 aromatic rings. The van der Waals surface area contributed by atoms with Gasteiger partial charge in [0.15, 0.2) is 0 Å². The summed E-state index contributed by atoms with van der Waals surface area (Å²) in [6.07, 6.45) is 4.61. The van der Waals surface area contributed by atoms with E-state index in [9.17, 15) is 9.18 Å². The molecule has 16 heavy (non-hydrogen) atoms. The van der Waals surface area contributed by atoms with E-state index < -0.39 is 5.82 Å². The van der Waals surface area contributed by atoms with Crippen LogP contribution in [0.25, 0.3) is 0 Å². The van der Waals surface area contributed by atoms with Crippen molar-refractivity contribution in [3.63, 3.8) is 0 Å². The summed E-state index contributed by atoms with van der Waals surface area (Å²) < 4.78 is 13.2.